The summed E-state index contributed by atoms with van der Waals surface area (Å²) in [5, 5.41) is 33.9. The molecule has 1 aliphatic carbocycles. The first-order chi connectivity index (χ1) is 14.1. The summed E-state index contributed by atoms with van der Waals surface area (Å²) in [7, 11) is -3.75. The fourth-order valence-electron chi connectivity index (χ4n) is 3.95. The molecule has 0 aromatic rings. The van der Waals surface area contributed by atoms with Gasteiger partial charge in [-0.15, -0.1) is 0 Å². The molecular formula is C21H42N2O6S. The van der Waals surface area contributed by atoms with Crippen molar-refractivity contribution in [1.82, 2.24) is 10.0 Å². The lowest BCUT2D eigenvalue weighted by Gasteiger charge is -2.32. The molecule has 0 aliphatic heterocycles. The van der Waals surface area contributed by atoms with Gasteiger partial charge in [-0.2, -0.15) is 0 Å². The van der Waals surface area contributed by atoms with Crippen LogP contribution in [0.2, 0.25) is 0 Å². The standard InChI is InChI=1S/C21H42N2O6S/c1-4-5-11-22-30(28,29)14-19(25)20(26)17(13-16-9-7-6-8-10-16)23-21(27)18(24)12-15(2)3/h15-20,22,24-26H,4-14H2,1-3H3,(H,23,27)/t17-,18+,19+,20?/m0/s1. The van der Waals surface area contributed by atoms with Crippen molar-refractivity contribution in [2.45, 2.75) is 103 Å². The maximum absolute atomic E-state index is 12.4. The number of aliphatic hydroxyl groups is 3. The highest BCUT2D eigenvalue weighted by Gasteiger charge is 2.34. The summed E-state index contributed by atoms with van der Waals surface area (Å²) in [4.78, 5) is 12.4. The van der Waals surface area contributed by atoms with Crippen LogP contribution in [-0.4, -0.2) is 66.3 Å². The molecule has 1 aliphatic rings. The predicted octanol–water partition coefficient (Wildman–Crippen LogP) is 1.29. The number of rotatable bonds is 14. The van der Waals surface area contributed by atoms with Crippen molar-refractivity contribution in [3.8, 4) is 0 Å². The summed E-state index contributed by atoms with van der Waals surface area (Å²) in [6.45, 7) is 6.01. The minimum atomic E-state index is -3.75. The Morgan fingerprint density at radius 3 is 2.30 bits per heavy atom. The van der Waals surface area contributed by atoms with Gasteiger partial charge >= 0.3 is 0 Å². The van der Waals surface area contributed by atoms with E-state index >= 15 is 0 Å². The monoisotopic (exact) mass is 450 g/mol. The maximum Gasteiger partial charge on any atom is 0.249 e. The molecule has 0 bridgehead atoms. The van der Waals surface area contributed by atoms with E-state index in [1.54, 1.807) is 0 Å². The Morgan fingerprint density at radius 2 is 1.73 bits per heavy atom. The van der Waals surface area contributed by atoms with E-state index < -0.39 is 46.0 Å². The van der Waals surface area contributed by atoms with Crippen molar-refractivity contribution in [2.75, 3.05) is 12.3 Å². The van der Waals surface area contributed by atoms with Crippen LogP contribution in [0.4, 0.5) is 0 Å². The molecule has 0 aromatic heterocycles. The van der Waals surface area contributed by atoms with E-state index in [0.29, 0.717) is 12.8 Å². The smallest absolute Gasteiger partial charge is 0.249 e. The Kier molecular flexibility index (Phi) is 12.4. The van der Waals surface area contributed by atoms with Gasteiger partial charge in [0.25, 0.3) is 0 Å². The molecular weight excluding hydrogens is 408 g/mol. The van der Waals surface area contributed by atoms with Crippen LogP contribution in [-0.2, 0) is 14.8 Å². The third-order valence-corrected chi connectivity index (χ3v) is 7.11. The normalized spacial score (nSPS) is 20.0. The van der Waals surface area contributed by atoms with Crippen LogP contribution in [0.1, 0.15) is 78.6 Å². The van der Waals surface area contributed by atoms with Gasteiger partial charge in [-0.05, 0) is 31.1 Å². The molecule has 5 N–H and O–H groups in total. The molecule has 9 heteroatoms. The SMILES string of the molecule is CCCCNS(=O)(=O)C[C@@H](O)C(O)[C@H](CC1CCCCC1)NC(=O)[C@H](O)CC(C)C. The van der Waals surface area contributed by atoms with E-state index in [0.717, 1.165) is 38.5 Å². The van der Waals surface area contributed by atoms with Crippen LogP contribution in [0, 0.1) is 11.8 Å². The Hall–Kier alpha value is -0.740. The Morgan fingerprint density at radius 1 is 1.10 bits per heavy atom. The zero-order chi connectivity index (χ0) is 22.7. The van der Waals surface area contributed by atoms with Crippen LogP contribution in [0.25, 0.3) is 0 Å². The lowest BCUT2D eigenvalue weighted by molar-refractivity contribution is -0.132. The van der Waals surface area contributed by atoms with Crippen LogP contribution in [0.3, 0.4) is 0 Å². The van der Waals surface area contributed by atoms with Crippen LogP contribution in [0.15, 0.2) is 0 Å². The molecule has 178 valence electrons. The lowest BCUT2D eigenvalue weighted by atomic mass is 9.83. The number of unbranched alkanes of at least 4 members (excludes halogenated alkanes) is 1. The summed E-state index contributed by atoms with van der Waals surface area (Å²) >= 11 is 0. The number of sulfonamides is 1. The molecule has 0 saturated heterocycles. The van der Waals surface area contributed by atoms with Crippen LogP contribution in [0.5, 0.6) is 0 Å². The van der Waals surface area contributed by atoms with Crippen molar-refractivity contribution in [3.05, 3.63) is 0 Å². The van der Waals surface area contributed by atoms with Gasteiger partial charge in [-0.1, -0.05) is 59.3 Å². The highest BCUT2D eigenvalue weighted by atomic mass is 32.2. The minimum absolute atomic E-state index is 0.123. The highest BCUT2D eigenvalue weighted by molar-refractivity contribution is 7.89. The van der Waals surface area contributed by atoms with E-state index in [2.05, 4.69) is 10.0 Å². The van der Waals surface area contributed by atoms with Crippen molar-refractivity contribution in [1.29, 1.82) is 0 Å². The van der Waals surface area contributed by atoms with Crippen molar-refractivity contribution >= 4 is 15.9 Å². The summed E-state index contributed by atoms with van der Waals surface area (Å²) < 4.78 is 26.8. The van der Waals surface area contributed by atoms with Crippen molar-refractivity contribution in [2.24, 2.45) is 11.8 Å². The van der Waals surface area contributed by atoms with E-state index in [-0.39, 0.29) is 24.8 Å². The van der Waals surface area contributed by atoms with Crippen molar-refractivity contribution in [3.63, 3.8) is 0 Å². The summed E-state index contributed by atoms with van der Waals surface area (Å²) in [6.07, 6.45) is 3.33. The zero-order valence-electron chi connectivity index (χ0n) is 18.7. The molecule has 30 heavy (non-hydrogen) atoms. The second kappa shape index (κ2) is 13.6. The number of carbonyl (C=O) groups excluding carboxylic acids is 1. The van der Waals surface area contributed by atoms with Gasteiger partial charge in [0.1, 0.15) is 12.2 Å². The van der Waals surface area contributed by atoms with E-state index in [4.69, 9.17) is 0 Å². The van der Waals surface area contributed by atoms with E-state index in [1.165, 1.54) is 0 Å². The number of amides is 1. The first-order valence-electron chi connectivity index (χ1n) is 11.4. The van der Waals surface area contributed by atoms with Gasteiger partial charge in [0.2, 0.25) is 15.9 Å². The maximum atomic E-state index is 12.4. The largest absolute Gasteiger partial charge is 0.389 e. The fraction of sp³-hybridized carbons (Fsp3) is 0.952. The highest BCUT2D eigenvalue weighted by Crippen LogP contribution is 2.28. The molecule has 4 atom stereocenters. The summed E-state index contributed by atoms with van der Waals surface area (Å²) in [5.41, 5.74) is 0. The molecule has 0 radical (unpaired) electrons. The molecule has 0 spiro atoms. The molecule has 8 nitrogen and oxygen atoms in total. The second-order valence-electron chi connectivity index (χ2n) is 9.09. The third-order valence-electron chi connectivity index (χ3n) is 5.69. The number of hydrogen-bond donors (Lipinski definition) is 5. The quantitative estimate of drug-likeness (QED) is 0.253. The third kappa shape index (κ3) is 10.5. The van der Waals surface area contributed by atoms with Gasteiger partial charge in [-0.3, -0.25) is 4.79 Å². The number of aliphatic hydroxyl groups excluding tert-OH is 3. The average Bonchev–Trinajstić information content (AvgIpc) is 2.66. The zero-order valence-corrected chi connectivity index (χ0v) is 19.5. The fourth-order valence-corrected chi connectivity index (χ4v) is 5.17. The number of nitrogens with one attached hydrogen (secondary N) is 2. The van der Waals surface area contributed by atoms with E-state index in [1.807, 2.05) is 20.8 Å². The van der Waals surface area contributed by atoms with Crippen LogP contribution < -0.4 is 10.0 Å². The van der Waals surface area contributed by atoms with Crippen molar-refractivity contribution < 1.29 is 28.5 Å². The molecule has 1 saturated carbocycles. The molecule has 0 aromatic carbocycles. The number of hydrogen-bond acceptors (Lipinski definition) is 6. The minimum Gasteiger partial charge on any atom is -0.389 e. The van der Waals surface area contributed by atoms with Crippen LogP contribution >= 0.6 is 0 Å². The summed E-state index contributed by atoms with van der Waals surface area (Å²) in [6, 6.07) is -0.816. The van der Waals surface area contributed by atoms with E-state index in [9.17, 15) is 28.5 Å². The predicted molar refractivity (Wildman–Crippen MR) is 117 cm³/mol. The Balaban J connectivity index is 2.80. The van der Waals surface area contributed by atoms with Gasteiger partial charge in [0, 0.05) is 6.54 Å². The Labute approximate surface area is 181 Å². The molecule has 1 rings (SSSR count). The summed E-state index contributed by atoms with van der Waals surface area (Å²) in [5.74, 6) is -0.826. The lowest BCUT2D eigenvalue weighted by Crippen LogP contribution is -2.54. The first kappa shape index (κ1) is 27.3. The average molecular weight is 451 g/mol. The molecule has 1 fully saturated rings. The number of carbonyl (C=O) groups is 1. The molecule has 1 amide bonds. The Bertz CT molecular complexity index is 592. The van der Waals surface area contributed by atoms with Gasteiger partial charge < -0.3 is 20.6 Å². The van der Waals surface area contributed by atoms with Gasteiger partial charge in [0.05, 0.1) is 17.9 Å². The first-order valence-corrected chi connectivity index (χ1v) is 13.0. The molecule has 0 heterocycles. The van der Waals surface area contributed by atoms with Gasteiger partial charge in [0.15, 0.2) is 0 Å². The molecule has 1 unspecified atom stereocenters. The topological polar surface area (TPSA) is 136 Å². The van der Waals surface area contributed by atoms with Gasteiger partial charge in [-0.25, -0.2) is 13.1 Å². The second-order valence-corrected chi connectivity index (χ2v) is 10.9.